The number of carbonyl (C=O) groups excluding carboxylic acids is 1. The summed E-state index contributed by atoms with van der Waals surface area (Å²) < 4.78 is 11.1. The first-order valence-electron chi connectivity index (χ1n) is 9.21. The zero-order chi connectivity index (χ0) is 21.7. The summed E-state index contributed by atoms with van der Waals surface area (Å²) in [7, 11) is 1.57. The van der Waals surface area contributed by atoms with E-state index in [0.29, 0.717) is 11.5 Å². The summed E-state index contributed by atoms with van der Waals surface area (Å²) in [6.07, 6.45) is 3.33. The second kappa shape index (κ2) is 9.37. The number of thiophene rings is 1. The minimum Gasteiger partial charge on any atom is -0.496 e. The minimum absolute atomic E-state index is 0.00721. The molecule has 0 radical (unpaired) electrons. The summed E-state index contributed by atoms with van der Waals surface area (Å²) in [5, 5.41) is 10.8. The van der Waals surface area contributed by atoms with Gasteiger partial charge in [0, 0.05) is 33.0 Å². The molecule has 6 nitrogen and oxygen atoms in total. The van der Waals surface area contributed by atoms with Crippen LogP contribution < -0.4 is 9.47 Å². The van der Waals surface area contributed by atoms with Crippen LogP contribution in [0.1, 0.15) is 31.2 Å². The van der Waals surface area contributed by atoms with Gasteiger partial charge in [0.25, 0.3) is 5.69 Å². The lowest BCUT2D eigenvalue weighted by Gasteiger charge is -2.11. The summed E-state index contributed by atoms with van der Waals surface area (Å²) in [6.45, 7) is 4.15. The second-order valence-electron chi connectivity index (χ2n) is 6.64. The van der Waals surface area contributed by atoms with E-state index in [2.05, 4.69) is 0 Å². The Morgan fingerprint density at radius 3 is 2.47 bits per heavy atom. The number of ether oxygens (including phenoxy) is 2. The molecule has 0 aliphatic heterocycles. The van der Waals surface area contributed by atoms with Gasteiger partial charge in [-0.05, 0) is 55.8 Å². The number of allylic oxidation sites excluding steroid dienone is 1. The molecule has 2 aromatic carbocycles. The van der Waals surface area contributed by atoms with E-state index in [0.717, 1.165) is 26.4 Å². The molecule has 0 bridgehead atoms. The van der Waals surface area contributed by atoms with Gasteiger partial charge >= 0.3 is 0 Å². The number of ketones is 1. The molecule has 0 saturated carbocycles. The maximum absolute atomic E-state index is 12.5. The molecule has 0 atom stereocenters. The number of nitrogens with zero attached hydrogens (tertiary/aromatic N) is 1. The van der Waals surface area contributed by atoms with Crippen molar-refractivity contribution in [1.82, 2.24) is 0 Å². The van der Waals surface area contributed by atoms with Crippen LogP contribution in [0.25, 0.3) is 6.08 Å². The average molecular weight is 423 g/mol. The van der Waals surface area contributed by atoms with E-state index in [9.17, 15) is 14.9 Å². The van der Waals surface area contributed by atoms with Crippen LogP contribution in [0.5, 0.6) is 11.5 Å². The van der Waals surface area contributed by atoms with E-state index < -0.39 is 4.92 Å². The molecule has 154 valence electrons. The molecule has 1 heterocycles. The number of benzene rings is 2. The molecule has 0 saturated heterocycles. The predicted octanol–water partition coefficient (Wildman–Crippen LogP) is 5.76. The summed E-state index contributed by atoms with van der Waals surface area (Å²) in [5.74, 6) is 1.14. The van der Waals surface area contributed by atoms with Gasteiger partial charge in [-0.2, -0.15) is 0 Å². The summed E-state index contributed by atoms with van der Waals surface area (Å²) >= 11 is 1.61. The fourth-order valence-electron chi connectivity index (χ4n) is 2.98. The Kier molecular flexibility index (Phi) is 6.64. The molecule has 0 fully saturated rings. The van der Waals surface area contributed by atoms with Crippen molar-refractivity contribution in [3.8, 4) is 11.5 Å². The van der Waals surface area contributed by atoms with Crippen molar-refractivity contribution in [1.29, 1.82) is 0 Å². The number of hydrogen-bond acceptors (Lipinski definition) is 6. The molecule has 0 amide bonds. The topological polar surface area (TPSA) is 78.7 Å². The van der Waals surface area contributed by atoms with Crippen LogP contribution in [-0.2, 0) is 6.61 Å². The van der Waals surface area contributed by atoms with Crippen LogP contribution in [0.3, 0.4) is 0 Å². The van der Waals surface area contributed by atoms with Crippen LogP contribution in [0.15, 0.2) is 54.6 Å². The fraction of sp³-hybridized carbons (Fsp3) is 0.174. The van der Waals surface area contributed by atoms with E-state index in [-0.39, 0.29) is 18.1 Å². The molecule has 0 aliphatic carbocycles. The zero-order valence-corrected chi connectivity index (χ0v) is 17.7. The molecular formula is C23H21NO5S. The molecule has 3 rings (SSSR count). The number of aryl methyl sites for hydroxylation is 2. The third-order valence-electron chi connectivity index (χ3n) is 4.48. The van der Waals surface area contributed by atoms with Crippen LogP contribution in [0, 0.1) is 24.0 Å². The van der Waals surface area contributed by atoms with Gasteiger partial charge in [-0.3, -0.25) is 14.9 Å². The lowest BCUT2D eigenvalue weighted by molar-refractivity contribution is -0.384. The van der Waals surface area contributed by atoms with Crippen LogP contribution in [-0.4, -0.2) is 17.8 Å². The first kappa shape index (κ1) is 21.3. The van der Waals surface area contributed by atoms with Crippen molar-refractivity contribution in [3.63, 3.8) is 0 Å². The van der Waals surface area contributed by atoms with Crippen LogP contribution in [0.4, 0.5) is 5.69 Å². The largest absolute Gasteiger partial charge is 0.496 e. The predicted molar refractivity (Wildman–Crippen MR) is 118 cm³/mol. The van der Waals surface area contributed by atoms with Gasteiger partial charge in [-0.1, -0.05) is 12.1 Å². The van der Waals surface area contributed by atoms with Crippen molar-refractivity contribution in [2.45, 2.75) is 20.5 Å². The standard InChI is InChI=1S/C23H21NO5S/c1-15-12-21(16(2)30-15)22(25)10-4-17-5-11-23(28-3)18(13-17)14-29-20-8-6-19(7-9-20)24(26)27/h4-13H,14H2,1-3H3/b10-4+. The SMILES string of the molecule is COc1ccc(/C=C/C(=O)c2cc(C)sc2C)cc1COc1ccc([N+](=O)[O-])cc1. The van der Waals surface area contributed by atoms with Crippen molar-refractivity contribution in [3.05, 3.63) is 91.2 Å². The third-order valence-corrected chi connectivity index (χ3v) is 5.45. The molecule has 0 N–H and O–H groups in total. The lowest BCUT2D eigenvalue weighted by Crippen LogP contribution is -2.00. The molecule has 0 spiro atoms. The highest BCUT2D eigenvalue weighted by molar-refractivity contribution is 7.12. The monoisotopic (exact) mass is 423 g/mol. The molecule has 3 aromatic rings. The second-order valence-corrected chi connectivity index (χ2v) is 8.10. The molecule has 0 aliphatic rings. The highest BCUT2D eigenvalue weighted by Crippen LogP contribution is 2.25. The normalized spacial score (nSPS) is 10.9. The average Bonchev–Trinajstić information content (AvgIpc) is 3.08. The Labute approximate surface area is 178 Å². The Balaban J connectivity index is 1.73. The Morgan fingerprint density at radius 1 is 1.13 bits per heavy atom. The molecular weight excluding hydrogens is 402 g/mol. The van der Waals surface area contributed by atoms with Gasteiger partial charge in [0.05, 0.1) is 12.0 Å². The van der Waals surface area contributed by atoms with E-state index in [1.54, 1.807) is 42.7 Å². The number of rotatable bonds is 8. The highest BCUT2D eigenvalue weighted by atomic mass is 32.1. The van der Waals surface area contributed by atoms with Crippen molar-refractivity contribution < 1.29 is 19.2 Å². The Bertz CT molecular complexity index is 1100. The zero-order valence-electron chi connectivity index (χ0n) is 16.9. The van der Waals surface area contributed by atoms with E-state index >= 15 is 0 Å². The number of non-ortho nitro benzene ring substituents is 1. The maximum Gasteiger partial charge on any atom is 0.269 e. The molecule has 1 aromatic heterocycles. The maximum atomic E-state index is 12.5. The number of carbonyl (C=O) groups is 1. The first-order chi connectivity index (χ1) is 14.4. The quantitative estimate of drug-likeness (QED) is 0.199. The Hall–Kier alpha value is -3.45. The number of hydrogen-bond donors (Lipinski definition) is 0. The third kappa shape index (κ3) is 5.12. The van der Waals surface area contributed by atoms with Gasteiger partial charge in [0.15, 0.2) is 5.78 Å². The molecule has 30 heavy (non-hydrogen) atoms. The van der Waals surface area contributed by atoms with Gasteiger partial charge in [-0.15, -0.1) is 11.3 Å². The number of nitro groups is 1. The van der Waals surface area contributed by atoms with Crippen molar-refractivity contribution in [2.75, 3.05) is 7.11 Å². The van der Waals surface area contributed by atoms with Gasteiger partial charge in [-0.25, -0.2) is 0 Å². The van der Waals surface area contributed by atoms with Crippen LogP contribution in [0.2, 0.25) is 0 Å². The smallest absolute Gasteiger partial charge is 0.269 e. The van der Waals surface area contributed by atoms with E-state index in [4.69, 9.17) is 9.47 Å². The summed E-state index contributed by atoms with van der Waals surface area (Å²) in [6, 6.07) is 13.4. The van der Waals surface area contributed by atoms with Gasteiger partial charge in [0.1, 0.15) is 18.1 Å². The van der Waals surface area contributed by atoms with Gasteiger partial charge in [0.2, 0.25) is 0 Å². The van der Waals surface area contributed by atoms with Crippen molar-refractivity contribution in [2.24, 2.45) is 0 Å². The lowest BCUT2D eigenvalue weighted by atomic mass is 10.1. The van der Waals surface area contributed by atoms with E-state index in [1.165, 1.54) is 12.1 Å². The highest BCUT2D eigenvalue weighted by Gasteiger charge is 2.10. The van der Waals surface area contributed by atoms with Crippen molar-refractivity contribution >= 4 is 28.9 Å². The molecule has 7 heteroatoms. The van der Waals surface area contributed by atoms with Crippen LogP contribution >= 0.6 is 11.3 Å². The van der Waals surface area contributed by atoms with E-state index in [1.807, 2.05) is 38.1 Å². The summed E-state index contributed by atoms with van der Waals surface area (Å²) in [5.41, 5.74) is 2.38. The number of nitro benzene ring substituents is 1. The fourth-order valence-corrected chi connectivity index (χ4v) is 3.91. The summed E-state index contributed by atoms with van der Waals surface area (Å²) in [4.78, 5) is 24.9. The first-order valence-corrected chi connectivity index (χ1v) is 10.0. The van der Waals surface area contributed by atoms with Gasteiger partial charge < -0.3 is 9.47 Å². The molecule has 0 unspecified atom stereocenters. The minimum atomic E-state index is -0.456. The number of methoxy groups -OCH3 is 1. The Morgan fingerprint density at radius 2 is 1.87 bits per heavy atom.